The molecule has 0 spiro atoms. The molecule has 1 aliphatic rings. The normalized spacial score (nSPS) is 18.9. The zero-order valence-corrected chi connectivity index (χ0v) is 8.55. The van der Waals surface area contributed by atoms with Crippen LogP contribution in [0.2, 0.25) is 0 Å². The third kappa shape index (κ3) is 1.14. The summed E-state index contributed by atoms with van der Waals surface area (Å²) in [5.74, 6) is 0.333. The molecule has 1 N–H and O–H groups in total. The first-order valence-electron chi connectivity index (χ1n) is 5.22. The van der Waals surface area contributed by atoms with E-state index in [-0.39, 0.29) is 5.82 Å². The quantitative estimate of drug-likeness (QED) is 0.687. The Morgan fingerprint density at radius 1 is 1.20 bits per heavy atom. The Hall–Kier alpha value is -1.57. The van der Waals surface area contributed by atoms with Crippen LogP contribution in [0.5, 0.6) is 0 Å². The van der Waals surface area contributed by atoms with Gasteiger partial charge in [-0.2, -0.15) is 0 Å². The molecule has 2 aromatic carbocycles. The van der Waals surface area contributed by atoms with Crippen molar-refractivity contribution in [3.05, 3.63) is 41.7 Å². The monoisotopic (exact) mass is 201 g/mol. The zero-order valence-electron chi connectivity index (χ0n) is 8.55. The lowest BCUT2D eigenvalue weighted by molar-refractivity contribution is 0.640. The van der Waals surface area contributed by atoms with Gasteiger partial charge < -0.3 is 5.32 Å². The second-order valence-corrected chi connectivity index (χ2v) is 4.14. The van der Waals surface area contributed by atoms with Gasteiger partial charge in [0.15, 0.2) is 0 Å². The van der Waals surface area contributed by atoms with Gasteiger partial charge in [0.1, 0.15) is 5.82 Å². The van der Waals surface area contributed by atoms with E-state index in [4.69, 9.17) is 0 Å². The molecule has 0 fully saturated rings. The minimum Gasteiger partial charge on any atom is -0.384 e. The predicted octanol–water partition coefficient (Wildman–Crippen LogP) is 3.51. The van der Waals surface area contributed by atoms with Gasteiger partial charge in [-0.3, -0.25) is 0 Å². The molecule has 2 heteroatoms. The molecule has 3 rings (SSSR count). The molecule has 1 atom stereocenters. The first-order valence-corrected chi connectivity index (χ1v) is 5.22. The standard InChI is InChI=1S/C13H12FN/c1-8-7-15-12-6-5-9-10(13(8)12)3-2-4-11(9)14/h2-6,8,15H,7H2,1H3. The lowest BCUT2D eigenvalue weighted by Crippen LogP contribution is -1.96. The van der Waals surface area contributed by atoms with E-state index in [2.05, 4.69) is 12.2 Å². The fourth-order valence-electron chi connectivity index (χ4n) is 2.39. The smallest absolute Gasteiger partial charge is 0.131 e. The van der Waals surface area contributed by atoms with Crippen molar-refractivity contribution in [3.8, 4) is 0 Å². The topological polar surface area (TPSA) is 12.0 Å². The third-order valence-electron chi connectivity index (χ3n) is 3.14. The Balaban J connectivity index is 2.43. The van der Waals surface area contributed by atoms with Crippen LogP contribution in [0.4, 0.5) is 10.1 Å². The fraction of sp³-hybridized carbons (Fsp3) is 0.231. The van der Waals surface area contributed by atoms with Crippen LogP contribution < -0.4 is 5.32 Å². The van der Waals surface area contributed by atoms with Gasteiger partial charge in [-0.1, -0.05) is 19.1 Å². The van der Waals surface area contributed by atoms with E-state index in [1.165, 1.54) is 11.6 Å². The Labute approximate surface area is 87.9 Å². The summed E-state index contributed by atoms with van der Waals surface area (Å²) in [6.07, 6.45) is 0. The molecule has 0 saturated heterocycles. The number of anilines is 1. The summed E-state index contributed by atoms with van der Waals surface area (Å²) in [4.78, 5) is 0. The van der Waals surface area contributed by atoms with Crippen molar-refractivity contribution >= 4 is 16.5 Å². The number of hydrogen-bond donors (Lipinski definition) is 1. The number of nitrogens with one attached hydrogen (secondary N) is 1. The van der Waals surface area contributed by atoms with Crippen molar-refractivity contribution in [1.82, 2.24) is 0 Å². The number of benzene rings is 2. The van der Waals surface area contributed by atoms with Crippen molar-refractivity contribution in [2.24, 2.45) is 0 Å². The summed E-state index contributed by atoms with van der Waals surface area (Å²) in [6.45, 7) is 3.12. The van der Waals surface area contributed by atoms with Gasteiger partial charge in [0, 0.05) is 23.5 Å². The first-order chi connectivity index (χ1) is 7.27. The van der Waals surface area contributed by atoms with Crippen LogP contribution in [0.25, 0.3) is 10.8 Å². The zero-order chi connectivity index (χ0) is 10.4. The largest absolute Gasteiger partial charge is 0.384 e. The minimum absolute atomic E-state index is 0.130. The molecule has 0 radical (unpaired) electrons. The molecular formula is C13H12FN. The summed E-state index contributed by atoms with van der Waals surface area (Å²) >= 11 is 0. The summed E-state index contributed by atoms with van der Waals surface area (Å²) in [5.41, 5.74) is 2.41. The molecular weight excluding hydrogens is 189 g/mol. The molecule has 0 saturated carbocycles. The second-order valence-electron chi connectivity index (χ2n) is 4.14. The highest BCUT2D eigenvalue weighted by atomic mass is 19.1. The number of hydrogen-bond acceptors (Lipinski definition) is 1. The molecule has 0 bridgehead atoms. The number of fused-ring (bicyclic) bond motifs is 3. The minimum atomic E-state index is -0.130. The van der Waals surface area contributed by atoms with Crippen molar-refractivity contribution in [3.63, 3.8) is 0 Å². The molecule has 0 aromatic heterocycles. The molecule has 0 amide bonds. The SMILES string of the molecule is CC1CNc2ccc3c(F)cccc3c21. The molecule has 2 aromatic rings. The molecule has 76 valence electrons. The highest BCUT2D eigenvalue weighted by molar-refractivity contribution is 5.92. The van der Waals surface area contributed by atoms with E-state index in [1.54, 1.807) is 6.07 Å². The van der Waals surface area contributed by atoms with E-state index >= 15 is 0 Å². The van der Waals surface area contributed by atoms with Crippen molar-refractivity contribution in [1.29, 1.82) is 0 Å². The lowest BCUT2D eigenvalue weighted by Gasteiger charge is -2.08. The number of rotatable bonds is 0. The predicted molar refractivity (Wildman–Crippen MR) is 60.8 cm³/mol. The summed E-state index contributed by atoms with van der Waals surface area (Å²) in [7, 11) is 0. The Kier molecular flexibility index (Phi) is 1.72. The second kappa shape index (κ2) is 2.96. The van der Waals surface area contributed by atoms with Crippen molar-refractivity contribution in [2.45, 2.75) is 12.8 Å². The van der Waals surface area contributed by atoms with Crippen LogP contribution in [0, 0.1) is 5.82 Å². The maximum atomic E-state index is 13.6. The van der Waals surface area contributed by atoms with Gasteiger partial charge in [0.2, 0.25) is 0 Å². The van der Waals surface area contributed by atoms with Gasteiger partial charge in [0.05, 0.1) is 0 Å². The van der Waals surface area contributed by atoms with Crippen LogP contribution in [0.3, 0.4) is 0 Å². The average Bonchev–Trinajstić information content (AvgIpc) is 2.61. The van der Waals surface area contributed by atoms with E-state index < -0.39 is 0 Å². The lowest BCUT2D eigenvalue weighted by atomic mass is 9.96. The van der Waals surface area contributed by atoms with Gasteiger partial charge in [0.25, 0.3) is 0 Å². The number of halogens is 1. The fourth-order valence-corrected chi connectivity index (χ4v) is 2.39. The van der Waals surface area contributed by atoms with Gasteiger partial charge >= 0.3 is 0 Å². The first kappa shape index (κ1) is 8.72. The third-order valence-corrected chi connectivity index (χ3v) is 3.14. The Bertz CT molecular complexity index is 533. The van der Waals surface area contributed by atoms with Crippen LogP contribution in [-0.4, -0.2) is 6.54 Å². The van der Waals surface area contributed by atoms with E-state index in [0.29, 0.717) is 5.92 Å². The Morgan fingerprint density at radius 3 is 2.93 bits per heavy atom. The van der Waals surface area contributed by atoms with Crippen molar-refractivity contribution < 1.29 is 4.39 Å². The van der Waals surface area contributed by atoms with Crippen molar-refractivity contribution in [2.75, 3.05) is 11.9 Å². The maximum Gasteiger partial charge on any atom is 0.131 e. The van der Waals surface area contributed by atoms with Crippen LogP contribution >= 0.6 is 0 Å². The molecule has 0 aliphatic carbocycles. The molecule has 1 aliphatic heterocycles. The molecule has 15 heavy (non-hydrogen) atoms. The van der Waals surface area contributed by atoms with E-state index in [0.717, 1.165) is 23.0 Å². The molecule has 1 nitrogen and oxygen atoms in total. The molecule has 1 heterocycles. The maximum absolute atomic E-state index is 13.6. The van der Waals surface area contributed by atoms with E-state index in [9.17, 15) is 4.39 Å². The highest BCUT2D eigenvalue weighted by Gasteiger charge is 2.20. The summed E-state index contributed by atoms with van der Waals surface area (Å²) < 4.78 is 13.6. The Morgan fingerprint density at radius 2 is 2.07 bits per heavy atom. The van der Waals surface area contributed by atoms with Gasteiger partial charge in [-0.25, -0.2) is 4.39 Å². The molecule has 1 unspecified atom stereocenters. The highest BCUT2D eigenvalue weighted by Crippen LogP contribution is 2.37. The average molecular weight is 201 g/mol. The summed E-state index contributed by atoms with van der Waals surface area (Å²) in [5, 5.41) is 5.11. The van der Waals surface area contributed by atoms with Crippen LogP contribution in [0.1, 0.15) is 18.4 Å². The summed E-state index contributed by atoms with van der Waals surface area (Å²) in [6, 6.07) is 9.13. The van der Waals surface area contributed by atoms with Crippen LogP contribution in [-0.2, 0) is 0 Å². The van der Waals surface area contributed by atoms with Gasteiger partial charge in [-0.15, -0.1) is 0 Å². The van der Waals surface area contributed by atoms with Crippen LogP contribution in [0.15, 0.2) is 30.3 Å². The van der Waals surface area contributed by atoms with Gasteiger partial charge in [-0.05, 0) is 29.1 Å². The van der Waals surface area contributed by atoms with E-state index in [1.807, 2.05) is 18.2 Å².